The highest BCUT2D eigenvalue weighted by molar-refractivity contribution is 5.78. The Labute approximate surface area is 309 Å². The molecule has 0 bridgehead atoms. The van der Waals surface area contributed by atoms with Crippen LogP contribution in [0, 0.1) is 17.8 Å². The van der Waals surface area contributed by atoms with Crippen molar-refractivity contribution in [3.05, 3.63) is 0 Å². The molecule has 304 valence electrons. The van der Waals surface area contributed by atoms with Crippen molar-refractivity contribution >= 4 is 11.9 Å². The molecule has 0 aromatic carbocycles. The first-order valence-corrected chi connectivity index (χ1v) is 18.7. The Hall–Kier alpha value is -1.50. The van der Waals surface area contributed by atoms with E-state index in [1.165, 1.54) is 27.9 Å². The van der Waals surface area contributed by atoms with Gasteiger partial charge in [0.2, 0.25) is 5.91 Å². The van der Waals surface area contributed by atoms with Gasteiger partial charge < -0.3 is 64.2 Å². The molecule has 0 saturated carbocycles. The fourth-order valence-corrected chi connectivity index (χ4v) is 8.24. The number of aliphatic hydroxyl groups is 5. The van der Waals surface area contributed by atoms with Crippen LogP contribution in [0.4, 0.5) is 0 Å². The Kier molecular flexibility index (Phi) is 15.1. The number of hydrogen-bond acceptors (Lipinski definition) is 14. The van der Waals surface area contributed by atoms with Crippen molar-refractivity contribution in [2.45, 2.75) is 185 Å². The van der Waals surface area contributed by atoms with Gasteiger partial charge >= 0.3 is 5.97 Å². The van der Waals surface area contributed by atoms with E-state index in [1.54, 1.807) is 41.5 Å². The maximum atomic E-state index is 14.1. The van der Waals surface area contributed by atoms with Crippen molar-refractivity contribution in [2.75, 3.05) is 21.2 Å². The molecule has 52 heavy (non-hydrogen) atoms. The van der Waals surface area contributed by atoms with Crippen molar-refractivity contribution in [1.29, 1.82) is 0 Å². The van der Waals surface area contributed by atoms with Gasteiger partial charge in [0.25, 0.3) is 0 Å². The molecule has 1 unspecified atom stereocenters. The number of aliphatic hydroxyl groups excluding tert-OH is 3. The summed E-state index contributed by atoms with van der Waals surface area (Å²) in [5.41, 5.74) is -4.82. The summed E-state index contributed by atoms with van der Waals surface area (Å²) >= 11 is 0. The van der Waals surface area contributed by atoms with Gasteiger partial charge in [-0.15, -0.1) is 0 Å². The number of esters is 1. The second kappa shape index (κ2) is 17.5. The lowest BCUT2D eigenvalue weighted by atomic mass is 9.77. The molecule has 0 radical (unpaired) electrons. The molecule has 6 N–H and O–H groups in total. The van der Waals surface area contributed by atoms with Gasteiger partial charge in [-0.1, -0.05) is 20.8 Å². The summed E-state index contributed by atoms with van der Waals surface area (Å²) in [6, 6.07) is -1.29. The number of cyclic esters (lactones) is 1. The number of methoxy groups -OCH3 is 1. The summed E-state index contributed by atoms with van der Waals surface area (Å²) in [6.45, 7) is 16.3. The SMILES string of the molecule is CCC1OC(=O)[C@H](C)[C@@H](O[C@H]2C[C@@](C)(OC)[C@@H](O)[C@H](C)O2)[C@H](C)[C@@H](O[C@@H]2O[C@H](C)C[C@H](N(C)C)[C@H]2O)[C@](C)(O)C[C@@H](C)C(=O)N[C@H](C)[C@@H](O)[C@]1(C)O. The molecular formula is C37H68N2O13. The van der Waals surface area contributed by atoms with Crippen LogP contribution in [0.25, 0.3) is 0 Å². The molecule has 0 spiro atoms. The number of carbonyl (C=O) groups excluding carboxylic acids is 2. The number of likely N-dealkylation sites (N-methyl/N-ethyl adjacent to an activating group) is 1. The van der Waals surface area contributed by atoms with Gasteiger partial charge in [0.1, 0.15) is 30.0 Å². The van der Waals surface area contributed by atoms with Gasteiger partial charge in [-0.05, 0) is 81.8 Å². The van der Waals surface area contributed by atoms with Gasteiger partial charge in [0.15, 0.2) is 12.6 Å². The molecule has 3 aliphatic heterocycles. The van der Waals surface area contributed by atoms with Crippen molar-refractivity contribution < 1.29 is 63.5 Å². The number of rotatable bonds is 7. The van der Waals surface area contributed by atoms with E-state index in [-0.39, 0.29) is 31.4 Å². The maximum Gasteiger partial charge on any atom is 0.311 e. The van der Waals surface area contributed by atoms with E-state index in [0.717, 1.165) is 0 Å². The van der Waals surface area contributed by atoms with Gasteiger partial charge in [-0.3, -0.25) is 9.59 Å². The fraction of sp³-hybridized carbons (Fsp3) is 0.946. The van der Waals surface area contributed by atoms with Crippen LogP contribution in [-0.4, -0.2) is 154 Å². The lowest BCUT2D eigenvalue weighted by molar-refractivity contribution is -0.317. The summed E-state index contributed by atoms with van der Waals surface area (Å²) in [6.07, 6.45) is -9.73. The van der Waals surface area contributed by atoms with E-state index in [0.29, 0.717) is 6.42 Å². The quantitative estimate of drug-likeness (QED) is 0.202. The summed E-state index contributed by atoms with van der Waals surface area (Å²) in [7, 11) is 5.17. The number of nitrogens with one attached hydrogen (secondary N) is 1. The Morgan fingerprint density at radius 3 is 2.10 bits per heavy atom. The van der Waals surface area contributed by atoms with Crippen LogP contribution in [-0.2, 0) is 38.0 Å². The van der Waals surface area contributed by atoms with Gasteiger partial charge in [0.05, 0.1) is 47.6 Å². The third-order valence-corrected chi connectivity index (χ3v) is 11.7. The van der Waals surface area contributed by atoms with Crippen LogP contribution in [0.1, 0.15) is 94.9 Å². The van der Waals surface area contributed by atoms with E-state index < -0.39 is 108 Å². The zero-order valence-electron chi connectivity index (χ0n) is 33.4. The minimum Gasteiger partial charge on any atom is -0.459 e. The first-order chi connectivity index (χ1) is 23.9. The first-order valence-electron chi connectivity index (χ1n) is 18.7. The van der Waals surface area contributed by atoms with Gasteiger partial charge in [-0.2, -0.15) is 0 Å². The second-order valence-electron chi connectivity index (χ2n) is 16.6. The third kappa shape index (κ3) is 9.83. The predicted molar refractivity (Wildman–Crippen MR) is 190 cm³/mol. The minimum absolute atomic E-state index is 0.0853. The Morgan fingerprint density at radius 1 is 0.923 bits per heavy atom. The van der Waals surface area contributed by atoms with Gasteiger partial charge in [0, 0.05) is 31.4 Å². The monoisotopic (exact) mass is 748 g/mol. The summed E-state index contributed by atoms with van der Waals surface area (Å²) < 4.78 is 37.1. The molecule has 0 aromatic rings. The molecule has 0 aliphatic carbocycles. The Balaban J connectivity index is 2.18. The standard InChI is InChI=1S/C37H68N2O13/c1-14-25-37(10,46)29(41)22(6)38-32(43)18(2)16-35(8,45)31(52-34-27(40)24(39(11)12)15-19(3)48-34)20(4)28(21(5)33(44)50-25)51-26-17-36(9,47-13)30(42)23(7)49-26/h18-31,34,40-42,45-46H,14-17H2,1-13H3,(H,38,43)/t18-,19-,20+,21-,22-,23+,24+,25?,26+,27-,28+,29-,30+,31-,34+,35-,36-,37-/m1/s1. The normalized spacial score (nSPS) is 49.1. The van der Waals surface area contributed by atoms with E-state index >= 15 is 0 Å². The summed E-state index contributed by atoms with van der Waals surface area (Å²) in [5.74, 6) is -4.03. The molecule has 1 amide bonds. The number of carbonyl (C=O) groups is 2. The van der Waals surface area contributed by atoms with Crippen LogP contribution in [0.5, 0.6) is 0 Å². The molecule has 3 heterocycles. The zero-order chi connectivity index (χ0) is 39.7. The Morgan fingerprint density at radius 2 is 1.54 bits per heavy atom. The largest absolute Gasteiger partial charge is 0.459 e. The van der Waals surface area contributed by atoms with E-state index in [4.69, 9.17) is 28.4 Å². The molecule has 0 aromatic heterocycles. The molecule has 3 aliphatic rings. The third-order valence-electron chi connectivity index (χ3n) is 11.7. The van der Waals surface area contributed by atoms with Crippen LogP contribution in [0.15, 0.2) is 0 Å². The van der Waals surface area contributed by atoms with Crippen LogP contribution < -0.4 is 5.32 Å². The zero-order valence-corrected chi connectivity index (χ0v) is 33.4. The molecule has 3 fully saturated rings. The molecule has 15 nitrogen and oxygen atoms in total. The van der Waals surface area contributed by atoms with Crippen LogP contribution >= 0.6 is 0 Å². The van der Waals surface area contributed by atoms with Crippen LogP contribution in [0.2, 0.25) is 0 Å². The molecule has 3 rings (SSSR count). The summed E-state index contributed by atoms with van der Waals surface area (Å²) in [5, 5.41) is 60.3. The molecular weight excluding hydrogens is 680 g/mol. The lowest BCUT2D eigenvalue weighted by Crippen LogP contribution is -2.60. The number of hydrogen-bond donors (Lipinski definition) is 6. The first kappa shape index (κ1) is 44.9. The average molecular weight is 749 g/mol. The van der Waals surface area contributed by atoms with Crippen LogP contribution in [0.3, 0.4) is 0 Å². The van der Waals surface area contributed by atoms with Gasteiger partial charge in [-0.25, -0.2) is 0 Å². The lowest BCUT2D eigenvalue weighted by Gasteiger charge is -2.48. The molecule has 15 heteroatoms. The highest BCUT2D eigenvalue weighted by atomic mass is 16.7. The highest BCUT2D eigenvalue weighted by Gasteiger charge is 2.52. The smallest absolute Gasteiger partial charge is 0.311 e. The van der Waals surface area contributed by atoms with E-state index in [9.17, 15) is 35.1 Å². The second-order valence-corrected chi connectivity index (χ2v) is 16.6. The predicted octanol–water partition coefficient (Wildman–Crippen LogP) is 1.09. The van der Waals surface area contributed by atoms with E-state index in [2.05, 4.69) is 5.32 Å². The van der Waals surface area contributed by atoms with Crippen molar-refractivity contribution in [3.63, 3.8) is 0 Å². The number of amides is 1. The topological polar surface area (TPSA) is 206 Å². The van der Waals surface area contributed by atoms with E-state index in [1.807, 2.05) is 25.9 Å². The molecule has 3 saturated heterocycles. The minimum atomic E-state index is -1.97. The van der Waals surface area contributed by atoms with Crippen molar-refractivity contribution in [2.24, 2.45) is 17.8 Å². The Bertz CT molecular complexity index is 1190. The number of nitrogens with zero attached hydrogens (tertiary/aromatic N) is 1. The fourth-order valence-electron chi connectivity index (χ4n) is 8.24. The number of ether oxygens (including phenoxy) is 6. The maximum absolute atomic E-state index is 14.1. The van der Waals surface area contributed by atoms with Crippen molar-refractivity contribution in [1.82, 2.24) is 10.2 Å². The summed E-state index contributed by atoms with van der Waals surface area (Å²) in [4.78, 5) is 29.5. The highest BCUT2D eigenvalue weighted by Crippen LogP contribution is 2.40. The molecule has 18 atom stereocenters. The van der Waals surface area contributed by atoms with Crippen molar-refractivity contribution in [3.8, 4) is 0 Å². The average Bonchev–Trinajstić information content (AvgIpc) is 3.06.